The molecule has 1 fully saturated rings. The van der Waals surface area contributed by atoms with Gasteiger partial charge in [0.2, 0.25) is 0 Å². The molecule has 1 heterocycles. The van der Waals surface area contributed by atoms with Crippen molar-refractivity contribution in [1.29, 1.82) is 5.26 Å². The number of H-pyrrole nitrogens is 1. The van der Waals surface area contributed by atoms with Gasteiger partial charge in [-0.2, -0.15) is 5.26 Å². The first-order valence-corrected chi connectivity index (χ1v) is 8.02. The molecule has 2 aromatic rings. The number of benzene rings is 1. The van der Waals surface area contributed by atoms with E-state index in [9.17, 15) is 20.2 Å². The number of nitrogens with zero attached hydrogens (tertiary/aromatic N) is 2. The van der Waals surface area contributed by atoms with Crippen molar-refractivity contribution in [2.75, 3.05) is 0 Å². The van der Waals surface area contributed by atoms with Gasteiger partial charge in [-0.1, -0.05) is 19.3 Å². The topological polar surface area (TPSA) is 99.8 Å². The lowest BCUT2D eigenvalue weighted by atomic mass is 9.85. The molecule has 1 N–H and O–H groups in total. The minimum Gasteiger partial charge on any atom is -0.325 e. The number of aromatic amines is 1. The Morgan fingerprint density at radius 2 is 1.83 bits per heavy atom. The summed E-state index contributed by atoms with van der Waals surface area (Å²) in [5.41, 5.74) is 1.66. The van der Waals surface area contributed by atoms with Crippen LogP contribution in [-0.2, 0) is 0 Å². The maximum atomic E-state index is 12.3. The number of nitro groups is 1. The fourth-order valence-electron chi connectivity index (χ4n) is 3.31. The van der Waals surface area contributed by atoms with Crippen LogP contribution in [-0.4, -0.2) is 9.91 Å². The van der Waals surface area contributed by atoms with Gasteiger partial charge in [0, 0.05) is 23.4 Å². The predicted octanol–water partition coefficient (Wildman–Crippen LogP) is 3.87. The summed E-state index contributed by atoms with van der Waals surface area (Å²) in [4.78, 5) is 25.5. The van der Waals surface area contributed by atoms with Gasteiger partial charge in [0.1, 0.15) is 11.6 Å². The van der Waals surface area contributed by atoms with Gasteiger partial charge in [0.15, 0.2) is 0 Å². The first kappa shape index (κ1) is 15.9. The zero-order valence-electron chi connectivity index (χ0n) is 13.1. The van der Waals surface area contributed by atoms with E-state index in [1.54, 1.807) is 12.1 Å². The van der Waals surface area contributed by atoms with Crippen LogP contribution in [0.4, 0.5) is 5.69 Å². The van der Waals surface area contributed by atoms with Crippen LogP contribution < -0.4 is 5.56 Å². The average Bonchev–Trinajstić information content (AvgIpc) is 2.62. The number of non-ortho nitro benzene ring substituents is 1. The summed E-state index contributed by atoms with van der Waals surface area (Å²) in [5.74, 6) is 0.302. The van der Waals surface area contributed by atoms with E-state index >= 15 is 0 Å². The van der Waals surface area contributed by atoms with Crippen LogP contribution in [0.3, 0.4) is 0 Å². The summed E-state index contributed by atoms with van der Waals surface area (Å²) in [6, 6.07) is 9.75. The van der Waals surface area contributed by atoms with Crippen LogP contribution in [0, 0.1) is 21.4 Å². The van der Waals surface area contributed by atoms with Gasteiger partial charge in [-0.15, -0.1) is 0 Å². The highest BCUT2D eigenvalue weighted by Crippen LogP contribution is 2.33. The van der Waals surface area contributed by atoms with Crippen molar-refractivity contribution in [3.8, 4) is 17.2 Å². The number of hydrogen-bond donors (Lipinski definition) is 1. The highest BCUT2D eigenvalue weighted by Gasteiger charge is 2.20. The number of nitro benzene ring substituents is 1. The van der Waals surface area contributed by atoms with Gasteiger partial charge in [-0.25, -0.2) is 0 Å². The van der Waals surface area contributed by atoms with E-state index in [4.69, 9.17) is 0 Å². The molecule has 122 valence electrons. The normalized spacial score (nSPS) is 15.0. The molecule has 0 unspecified atom stereocenters. The molecule has 1 aromatic heterocycles. The quantitative estimate of drug-likeness (QED) is 0.684. The van der Waals surface area contributed by atoms with Crippen molar-refractivity contribution in [2.45, 2.75) is 38.0 Å². The third-order valence-corrected chi connectivity index (χ3v) is 4.60. The Balaban J connectivity index is 2.08. The minimum absolute atomic E-state index is 0.0189. The van der Waals surface area contributed by atoms with Gasteiger partial charge in [0.05, 0.1) is 4.92 Å². The van der Waals surface area contributed by atoms with Crippen molar-refractivity contribution >= 4 is 5.69 Å². The number of pyridine rings is 1. The molecular formula is C18H17N3O3. The van der Waals surface area contributed by atoms with E-state index in [0.717, 1.165) is 31.4 Å². The molecule has 0 saturated heterocycles. The maximum Gasteiger partial charge on any atom is 0.269 e. The summed E-state index contributed by atoms with van der Waals surface area (Å²) in [5, 5.41) is 20.1. The van der Waals surface area contributed by atoms with Crippen LogP contribution in [0.1, 0.15) is 49.3 Å². The average molecular weight is 323 g/mol. The molecule has 0 atom stereocenters. The molecule has 24 heavy (non-hydrogen) atoms. The van der Waals surface area contributed by atoms with Crippen LogP contribution in [0.2, 0.25) is 0 Å². The number of rotatable bonds is 3. The van der Waals surface area contributed by atoms with Crippen molar-refractivity contribution < 1.29 is 4.92 Å². The fourth-order valence-corrected chi connectivity index (χ4v) is 3.31. The van der Waals surface area contributed by atoms with E-state index < -0.39 is 10.5 Å². The smallest absolute Gasteiger partial charge is 0.269 e. The SMILES string of the molecule is N#Cc1c(-c2ccc([N+](=O)[O-])cc2)cc(C2CCCCC2)[nH]c1=O. The molecule has 0 spiro atoms. The largest absolute Gasteiger partial charge is 0.325 e. The zero-order valence-corrected chi connectivity index (χ0v) is 13.1. The van der Waals surface area contributed by atoms with Crippen LogP contribution in [0.5, 0.6) is 0 Å². The molecule has 0 radical (unpaired) electrons. The van der Waals surface area contributed by atoms with E-state index in [1.165, 1.54) is 18.6 Å². The summed E-state index contributed by atoms with van der Waals surface area (Å²) >= 11 is 0. The van der Waals surface area contributed by atoms with Crippen LogP contribution >= 0.6 is 0 Å². The second kappa shape index (κ2) is 6.67. The molecule has 1 aromatic carbocycles. The Labute approximate surface area is 138 Å². The van der Waals surface area contributed by atoms with Crippen LogP contribution in [0.25, 0.3) is 11.1 Å². The first-order chi connectivity index (χ1) is 11.6. The van der Waals surface area contributed by atoms with Gasteiger partial charge in [-0.3, -0.25) is 14.9 Å². The van der Waals surface area contributed by atoms with E-state index in [0.29, 0.717) is 17.0 Å². The first-order valence-electron chi connectivity index (χ1n) is 8.02. The molecule has 6 nitrogen and oxygen atoms in total. The van der Waals surface area contributed by atoms with Gasteiger partial charge < -0.3 is 4.98 Å². The Kier molecular flexibility index (Phi) is 4.43. The highest BCUT2D eigenvalue weighted by atomic mass is 16.6. The molecule has 1 aliphatic carbocycles. The van der Waals surface area contributed by atoms with Crippen molar-refractivity contribution in [3.05, 3.63) is 62.1 Å². The lowest BCUT2D eigenvalue weighted by molar-refractivity contribution is -0.384. The van der Waals surface area contributed by atoms with E-state index in [-0.39, 0.29) is 11.3 Å². The van der Waals surface area contributed by atoms with Gasteiger partial charge in [-0.05, 0) is 42.5 Å². The van der Waals surface area contributed by atoms with Crippen LogP contribution in [0.15, 0.2) is 35.1 Å². The Morgan fingerprint density at radius 1 is 1.17 bits per heavy atom. The van der Waals surface area contributed by atoms with E-state index in [2.05, 4.69) is 4.98 Å². The molecular weight excluding hydrogens is 306 g/mol. The minimum atomic E-state index is -0.472. The molecule has 0 bridgehead atoms. The summed E-state index contributed by atoms with van der Waals surface area (Å²) < 4.78 is 0. The molecule has 1 aliphatic rings. The second-order valence-corrected chi connectivity index (χ2v) is 6.09. The Morgan fingerprint density at radius 3 is 2.42 bits per heavy atom. The summed E-state index contributed by atoms with van der Waals surface area (Å²) in [6.07, 6.45) is 5.55. The van der Waals surface area contributed by atoms with Gasteiger partial charge >= 0.3 is 0 Å². The third-order valence-electron chi connectivity index (χ3n) is 4.60. The number of nitrogens with one attached hydrogen (secondary N) is 1. The number of nitriles is 1. The fraction of sp³-hybridized carbons (Fsp3) is 0.333. The summed E-state index contributed by atoms with van der Waals surface area (Å²) in [6.45, 7) is 0. The zero-order chi connectivity index (χ0) is 17.1. The Bertz CT molecular complexity index is 857. The maximum absolute atomic E-state index is 12.3. The number of aromatic nitrogens is 1. The van der Waals surface area contributed by atoms with Gasteiger partial charge in [0.25, 0.3) is 11.2 Å². The van der Waals surface area contributed by atoms with Crippen molar-refractivity contribution in [2.24, 2.45) is 0 Å². The molecule has 0 amide bonds. The number of hydrogen-bond acceptors (Lipinski definition) is 4. The van der Waals surface area contributed by atoms with E-state index in [1.807, 2.05) is 12.1 Å². The predicted molar refractivity (Wildman–Crippen MR) is 89.7 cm³/mol. The lowest BCUT2D eigenvalue weighted by Gasteiger charge is -2.22. The third kappa shape index (κ3) is 3.06. The monoisotopic (exact) mass is 323 g/mol. The lowest BCUT2D eigenvalue weighted by Crippen LogP contribution is -2.17. The standard InChI is InChI=1S/C18H17N3O3/c19-11-16-15(12-6-8-14(9-7-12)21(23)24)10-17(20-18(16)22)13-4-2-1-3-5-13/h6-10,13H,1-5H2,(H,20,22). The molecule has 3 rings (SSSR count). The Hall–Kier alpha value is -2.94. The molecule has 0 aliphatic heterocycles. The van der Waals surface area contributed by atoms with Crippen molar-refractivity contribution in [1.82, 2.24) is 4.98 Å². The summed E-state index contributed by atoms with van der Waals surface area (Å²) in [7, 11) is 0. The molecule has 1 saturated carbocycles. The molecule has 6 heteroatoms. The second-order valence-electron chi connectivity index (χ2n) is 6.09. The van der Waals surface area contributed by atoms with Crippen molar-refractivity contribution in [3.63, 3.8) is 0 Å². The highest BCUT2D eigenvalue weighted by molar-refractivity contribution is 5.71.